The molecule has 18 heavy (non-hydrogen) atoms. The molecule has 1 saturated carbocycles. The van der Waals surface area contributed by atoms with Gasteiger partial charge in [0.25, 0.3) is 0 Å². The van der Waals surface area contributed by atoms with Gasteiger partial charge in [-0.25, -0.2) is 4.79 Å². The van der Waals surface area contributed by atoms with Crippen molar-refractivity contribution < 1.29 is 9.63 Å². The van der Waals surface area contributed by atoms with Crippen LogP contribution in [0.3, 0.4) is 0 Å². The Morgan fingerprint density at radius 2 is 2.00 bits per heavy atom. The van der Waals surface area contributed by atoms with Gasteiger partial charge in [0.1, 0.15) is 5.84 Å². The molecule has 1 fully saturated rings. The maximum absolute atomic E-state index is 11.6. The predicted octanol–water partition coefficient (Wildman–Crippen LogP) is 1.24. The number of carbonyl (C=O) groups is 1. The van der Waals surface area contributed by atoms with E-state index in [0.717, 1.165) is 19.3 Å². The SMILES string of the molecule is N/C(=N\OC(=O)c1ccccc1)[C@H]1CC[C@H](N)C1. The van der Waals surface area contributed by atoms with Gasteiger partial charge in [-0.3, -0.25) is 0 Å². The number of benzene rings is 1. The van der Waals surface area contributed by atoms with Crippen molar-refractivity contribution in [1.82, 2.24) is 0 Å². The molecule has 2 rings (SSSR count). The highest BCUT2D eigenvalue weighted by Crippen LogP contribution is 2.24. The van der Waals surface area contributed by atoms with Crippen LogP contribution in [0.15, 0.2) is 35.5 Å². The van der Waals surface area contributed by atoms with Gasteiger partial charge in [-0.1, -0.05) is 23.4 Å². The van der Waals surface area contributed by atoms with Crippen molar-refractivity contribution in [2.24, 2.45) is 22.5 Å². The predicted molar refractivity (Wildman–Crippen MR) is 68.8 cm³/mol. The average Bonchev–Trinajstić information content (AvgIpc) is 2.83. The standard InChI is InChI=1S/C13H17N3O2/c14-11-7-6-10(8-11)12(15)16-18-13(17)9-4-2-1-3-5-9/h1-5,10-11H,6-8,14H2,(H2,15,16)/t10-,11-/m0/s1. The van der Waals surface area contributed by atoms with E-state index in [1.165, 1.54) is 0 Å². The number of carbonyl (C=O) groups excluding carboxylic acids is 1. The van der Waals surface area contributed by atoms with Crippen molar-refractivity contribution in [3.05, 3.63) is 35.9 Å². The third-order valence-electron chi connectivity index (χ3n) is 3.13. The van der Waals surface area contributed by atoms with Gasteiger partial charge in [-0.05, 0) is 31.4 Å². The second-order valence-corrected chi connectivity index (χ2v) is 4.53. The van der Waals surface area contributed by atoms with Gasteiger partial charge in [-0.15, -0.1) is 0 Å². The molecule has 1 aliphatic rings. The molecule has 4 N–H and O–H groups in total. The molecule has 0 heterocycles. The van der Waals surface area contributed by atoms with Crippen LogP contribution in [0.2, 0.25) is 0 Å². The normalized spacial score (nSPS) is 23.9. The highest BCUT2D eigenvalue weighted by atomic mass is 16.7. The highest BCUT2D eigenvalue weighted by molar-refractivity contribution is 5.90. The fourth-order valence-corrected chi connectivity index (χ4v) is 2.08. The Balaban J connectivity index is 1.92. The van der Waals surface area contributed by atoms with Gasteiger partial charge < -0.3 is 16.3 Å². The number of nitrogens with zero attached hydrogens (tertiary/aromatic N) is 1. The summed E-state index contributed by atoms with van der Waals surface area (Å²) in [5, 5.41) is 3.71. The van der Waals surface area contributed by atoms with E-state index in [0.29, 0.717) is 11.4 Å². The van der Waals surface area contributed by atoms with Crippen LogP contribution in [-0.4, -0.2) is 17.8 Å². The Morgan fingerprint density at radius 3 is 2.61 bits per heavy atom. The van der Waals surface area contributed by atoms with Crippen LogP contribution in [-0.2, 0) is 4.84 Å². The lowest BCUT2D eigenvalue weighted by Gasteiger charge is -2.07. The second-order valence-electron chi connectivity index (χ2n) is 4.53. The molecule has 2 atom stereocenters. The lowest BCUT2D eigenvalue weighted by molar-refractivity contribution is 0.0513. The topological polar surface area (TPSA) is 90.7 Å². The molecule has 0 aliphatic heterocycles. The molecule has 0 aromatic heterocycles. The zero-order valence-electron chi connectivity index (χ0n) is 10.1. The number of oxime groups is 1. The molecular weight excluding hydrogens is 230 g/mol. The molecule has 96 valence electrons. The molecule has 5 nitrogen and oxygen atoms in total. The van der Waals surface area contributed by atoms with Gasteiger partial charge in [0, 0.05) is 12.0 Å². The summed E-state index contributed by atoms with van der Waals surface area (Å²) in [6, 6.07) is 8.86. The van der Waals surface area contributed by atoms with Gasteiger partial charge in [0.15, 0.2) is 0 Å². The summed E-state index contributed by atoms with van der Waals surface area (Å²) in [7, 11) is 0. The first-order valence-corrected chi connectivity index (χ1v) is 6.02. The molecule has 0 bridgehead atoms. The Bertz CT molecular complexity index is 445. The molecule has 0 unspecified atom stereocenters. The van der Waals surface area contributed by atoms with E-state index in [1.54, 1.807) is 24.3 Å². The van der Waals surface area contributed by atoms with Crippen molar-refractivity contribution in [3.63, 3.8) is 0 Å². The van der Waals surface area contributed by atoms with Crippen molar-refractivity contribution in [1.29, 1.82) is 0 Å². The average molecular weight is 247 g/mol. The smallest absolute Gasteiger partial charge is 0.365 e. The summed E-state index contributed by atoms with van der Waals surface area (Å²) >= 11 is 0. The molecule has 0 saturated heterocycles. The maximum Gasteiger partial charge on any atom is 0.365 e. The fourth-order valence-electron chi connectivity index (χ4n) is 2.08. The minimum atomic E-state index is -0.499. The third kappa shape index (κ3) is 3.07. The molecule has 0 amide bonds. The van der Waals surface area contributed by atoms with Crippen LogP contribution in [0.4, 0.5) is 0 Å². The largest absolute Gasteiger partial charge is 0.384 e. The van der Waals surface area contributed by atoms with Crippen LogP contribution in [0.1, 0.15) is 29.6 Å². The lowest BCUT2D eigenvalue weighted by atomic mass is 10.1. The zero-order chi connectivity index (χ0) is 13.0. The second kappa shape index (κ2) is 5.64. The lowest BCUT2D eigenvalue weighted by Crippen LogP contribution is -2.24. The summed E-state index contributed by atoms with van der Waals surface area (Å²) in [5.74, 6) is -0.0170. The number of rotatable bonds is 3. The summed E-state index contributed by atoms with van der Waals surface area (Å²) in [6.45, 7) is 0. The molecule has 1 aromatic rings. The Morgan fingerprint density at radius 1 is 1.28 bits per heavy atom. The Labute approximate surface area is 106 Å². The molecule has 0 spiro atoms. The Hall–Kier alpha value is -1.88. The number of amidine groups is 1. The van der Waals surface area contributed by atoms with Crippen molar-refractivity contribution in [2.45, 2.75) is 25.3 Å². The first kappa shape index (κ1) is 12.6. The van der Waals surface area contributed by atoms with Crippen molar-refractivity contribution in [3.8, 4) is 0 Å². The number of hydrogen-bond acceptors (Lipinski definition) is 4. The van der Waals surface area contributed by atoms with Gasteiger partial charge in [-0.2, -0.15) is 0 Å². The van der Waals surface area contributed by atoms with Gasteiger partial charge >= 0.3 is 5.97 Å². The minimum absolute atomic E-state index is 0.128. The van der Waals surface area contributed by atoms with Gasteiger partial charge in [0.2, 0.25) is 0 Å². The van der Waals surface area contributed by atoms with Gasteiger partial charge in [0.05, 0.1) is 5.56 Å². The molecular formula is C13H17N3O2. The van der Waals surface area contributed by atoms with E-state index in [2.05, 4.69) is 5.16 Å². The van der Waals surface area contributed by atoms with E-state index in [4.69, 9.17) is 16.3 Å². The molecule has 0 radical (unpaired) electrons. The summed E-state index contributed by atoms with van der Waals surface area (Å²) in [5.41, 5.74) is 12.0. The third-order valence-corrected chi connectivity index (χ3v) is 3.13. The first-order valence-electron chi connectivity index (χ1n) is 6.02. The zero-order valence-corrected chi connectivity index (χ0v) is 10.1. The quantitative estimate of drug-likeness (QED) is 0.364. The minimum Gasteiger partial charge on any atom is -0.384 e. The van der Waals surface area contributed by atoms with Crippen LogP contribution >= 0.6 is 0 Å². The van der Waals surface area contributed by atoms with Crippen molar-refractivity contribution in [2.75, 3.05) is 0 Å². The molecule has 5 heteroatoms. The molecule has 1 aliphatic carbocycles. The van der Waals surface area contributed by atoms with E-state index in [1.807, 2.05) is 6.07 Å². The van der Waals surface area contributed by atoms with Crippen LogP contribution in [0, 0.1) is 5.92 Å². The highest BCUT2D eigenvalue weighted by Gasteiger charge is 2.25. The Kier molecular flexibility index (Phi) is 3.94. The molecule has 1 aromatic carbocycles. The van der Waals surface area contributed by atoms with Crippen LogP contribution < -0.4 is 11.5 Å². The maximum atomic E-state index is 11.6. The van der Waals surface area contributed by atoms with E-state index >= 15 is 0 Å². The van der Waals surface area contributed by atoms with Crippen LogP contribution in [0.25, 0.3) is 0 Å². The van der Waals surface area contributed by atoms with Crippen LogP contribution in [0.5, 0.6) is 0 Å². The van der Waals surface area contributed by atoms with E-state index < -0.39 is 5.97 Å². The first-order chi connectivity index (χ1) is 8.66. The summed E-state index contributed by atoms with van der Waals surface area (Å²) in [6.07, 6.45) is 2.64. The number of hydrogen-bond donors (Lipinski definition) is 2. The van der Waals surface area contributed by atoms with Crippen molar-refractivity contribution >= 4 is 11.8 Å². The summed E-state index contributed by atoms with van der Waals surface area (Å²) < 4.78 is 0. The fraction of sp³-hybridized carbons (Fsp3) is 0.385. The number of nitrogens with two attached hydrogens (primary N) is 2. The summed E-state index contributed by atoms with van der Waals surface area (Å²) in [4.78, 5) is 16.4. The monoisotopic (exact) mass is 247 g/mol. The van der Waals surface area contributed by atoms with E-state index in [-0.39, 0.29) is 12.0 Å². The van der Waals surface area contributed by atoms with E-state index in [9.17, 15) is 4.79 Å².